The van der Waals surface area contributed by atoms with Crippen molar-refractivity contribution >= 4 is 33.0 Å². The van der Waals surface area contributed by atoms with Gasteiger partial charge in [0.2, 0.25) is 4.96 Å². The van der Waals surface area contributed by atoms with Crippen LogP contribution in [-0.2, 0) is 21.4 Å². The molecule has 0 amide bonds. The number of hydrogen-bond donors (Lipinski definition) is 2. The van der Waals surface area contributed by atoms with Gasteiger partial charge < -0.3 is 14.4 Å². The minimum Gasteiger partial charge on any atom is -0.500 e. The third kappa shape index (κ3) is 2.92. The molecular weight excluding hydrogens is 350 g/mol. The third-order valence-electron chi connectivity index (χ3n) is 3.86. The maximum Gasteiger partial charge on any atom is 0.213 e. The highest BCUT2D eigenvalue weighted by molar-refractivity contribution is 7.80. The quantitative estimate of drug-likeness (QED) is 0.802. The first-order valence-corrected chi connectivity index (χ1v) is 9.34. The van der Waals surface area contributed by atoms with Crippen molar-refractivity contribution in [2.45, 2.75) is 38.0 Å². The topological polar surface area (TPSA) is 97.0 Å². The van der Waals surface area contributed by atoms with Crippen LogP contribution in [0, 0.1) is 6.92 Å². The van der Waals surface area contributed by atoms with Gasteiger partial charge in [-0.25, -0.2) is 13.7 Å². The summed E-state index contributed by atoms with van der Waals surface area (Å²) in [6.45, 7) is 5.23. The fourth-order valence-electron chi connectivity index (χ4n) is 2.67. The molecule has 2 N–H and O–H groups in total. The number of aliphatic hydroxyl groups is 1. The molecule has 1 aliphatic rings. The summed E-state index contributed by atoms with van der Waals surface area (Å²) in [6, 6.07) is 0. The Morgan fingerprint density at radius 2 is 2.17 bits per heavy atom. The zero-order valence-corrected chi connectivity index (χ0v) is 15.4. The zero-order valence-electron chi connectivity index (χ0n) is 13.8. The summed E-state index contributed by atoms with van der Waals surface area (Å²) < 4.78 is 28.0. The Morgan fingerprint density at radius 3 is 2.75 bits per heavy atom. The predicted molar refractivity (Wildman–Crippen MR) is 93.1 cm³/mol. The Hall–Kier alpha value is -1.55. The molecule has 24 heavy (non-hydrogen) atoms. The fourth-order valence-corrected chi connectivity index (χ4v) is 4.31. The summed E-state index contributed by atoms with van der Waals surface area (Å²) in [5.41, 5.74) is 1.40. The average molecular weight is 369 g/mol. The second kappa shape index (κ2) is 6.07. The maximum absolute atomic E-state index is 11.6. The SMILES string of the molecule is COC1=CC=C(c2c(C)nc3sc(C(C)(C)O)nn23)CC1S(=O)O. The van der Waals surface area contributed by atoms with Gasteiger partial charge in [0.25, 0.3) is 0 Å². The number of allylic oxidation sites excluding steroid dienone is 3. The van der Waals surface area contributed by atoms with E-state index in [4.69, 9.17) is 4.74 Å². The molecule has 3 rings (SSSR count). The Morgan fingerprint density at radius 1 is 1.46 bits per heavy atom. The highest BCUT2D eigenvalue weighted by atomic mass is 32.2. The van der Waals surface area contributed by atoms with Gasteiger partial charge in [-0.15, -0.1) is 0 Å². The van der Waals surface area contributed by atoms with Gasteiger partial charge in [-0.3, -0.25) is 0 Å². The number of imidazole rings is 1. The normalized spacial score (nSPS) is 20.0. The molecule has 0 aliphatic heterocycles. The molecule has 0 spiro atoms. The number of nitrogens with zero attached hydrogens (tertiary/aromatic N) is 3. The van der Waals surface area contributed by atoms with E-state index in [0.717, 1.165) is 17.0 Å². The number of fused-ring (bicyclic) bond motifs is 1. The summed E-state index contributed by atoms with van der Waals surface area (Å²) in [7, 11) is 1.49. The largest absolute Gasteiger partial charge is 0.500 e. The first-order valence-electron chi connectivity index (χ1n) is 7.36. The Balaban J connectivity index is 2.10. The lowest BCUT2D eigenvalue weighted by Gasteiger charge is -2.21. The summed E-state index contributed by atoms with van der Waals surface area (Å²) >= 11 is -0.706. The molecule has 2 atom stereocenters. The summed E-state index contributed by atoms with van der Waals surface area (Å²) in [4.78, 5) is 5.19. The first kappa shape index (κ1) is 17.3. The van der Waals surface area contributed by atoms with Crippen molar-refractivity contribution < 1.29 is 18.6 Å². The molecule has 1 aliphatic carbocycles. The molecule has 2 heterocycles. The highest BCUT2D eigenvalue weighted by Gasteiger charge is 2.30. The standard InChI is InChI=1S/C15H19N3O4S2/c1-8-12(9-5-6-10(22-4)11(7-9)24(20)21)18-14(16-8)23-13(17-18)15(2,3)19/h5-6,11,19H,7H2,1-4H3,(H,20,21). The van der Waals surface area contributed by atoms with E-state index in [2.05, 4.69) is 10.1 Å². The molecule has 0 bridgehead atoms. The monoisotopic (exact) mass is 369 g/mol. The van der Waals surface area contributed by atoms with E-state index in [-0.39, 0.29) is 0 Å². The van der Waals surface area contributed by atoms with E-state index in [1.54, 1.807) is 24.4 Å². The van der Waals surface area contributed by atoms with Crippen LogP contribution in [0.15, 0.2) is 17.9 Å². The zero-order chi connectivity index (χ0) is 17.6. The number of aromatic nitrogens is 3. The van der Waals surface area contributed by atoms with Crippen molar-refractivity contribution in [2.24, 2.45) is 0 Å². The van der Waals surface area contributed by atoms with E-state index in [1.807, 2.05) is 13.0 Å². The van der Waals surface area contributed by atoms with E-state index < -0.39 is 21.9 Å². The molecule has 130 valence electrons. The predicted octanol–water partition coefficient (Wildman–Crippen LogP) is 2.23. The second-order valence-corrected chi connectivity index (χ2v) is 8.22. The molecule has 2 aromatic heterocycles. The lowest BCUT2D eigenvalue weighted by molar-refractivity contribution is 0.0772. The van der Waals surface area contributed by atoms with Crippen molar-refractivity contribution in [1.82, 2.24) is 14.6 Å². The Labute approximate surface area is 146 Å². The first-order chi connectivity index (χ1) is 11.2. The lowest BCUT2D eigenvalue weighted by atomic mass is 9.99. The molecule has 2 unspecified atom stereocenters. The van der Waals surface area contributed by atoms with Crippen molar-refractivity contribution in [3.63, 3.8) is 0 Å². The van der Waals surface area contributed by atoms with Crippen molar-refractivity contribution in [3.05, 3.63) is 34.3 Å². The van der Waals surface area contributed by atoms with E-state index >= 15 is 0 Å². The van der Waals surface area contributed by atoms with Crippen LogP contribution < -0.4 is 0 Å². The molecule has 0 radical (unpaired) electrons. The lowest BCUT2D eigenvalue weighted by Crippen LogP contribution is -2.22. The molecule has 0 saturated heterocycles. The van der Waals surface area contributed by atoms with Gasteiger partial charge in [-0.2, -0.15) is 5.10 Å². The number of aryl methyl sites for hydroxylation is 1. The van der Waals surface area contributed by atoms with Crippen LogP contribution in [0.4, 0.5) is 0 Å². The maximum atomic E-state index is 11.6. The third-order valence-corrected chi connectivity index (χ3v) is 5.96. The average Bonchev–Trinajstić information content (AvgIpc) is 3.02. The summed E-state index contributed by atoms with van der Waals surface area (Å²) in [5, 5.41) is 14.6. The number of methoxy groups -OCH3 is 1. The number of hydrogen-bond acceptors (Lipinski definition) is 6. The minimum absolute atomic E-state index is 0.354. The number of ether oxygens (including phenoxy) is 1. The Kier molecular flexibility index (Phi) is 4.37. The van der Waals surface area contributed by atoms with Crippen LogP contribution in [-0.4, -0.2) is 40.8 Å². The molecule has 9 heteroatoms. The Bertz CT molecular complexity index is 873. The van der Waals surface area contributed by atoms with Crippen LogP contribution in [0.1, 0.15) is 36.7 Å². The van der Waals surface area contributed by atoms with Crippen LogP contribution in [0.5, 0.6) is 0 Å². The molecule has 2 aromatic rings. The molecular formula is C15H19N3O4S2. The van der Waals surface area contributed by atoms with Crippen molar-refractivity contribution in [3.8, 4) is 0 Å². The minimum atomic E-state index is -2.04. The van der Waals surface area contributed by atoms with Gasteiger partial charge in [0.15, 0.2) is 11.1 Å². The summed E-state index contributed by atoms with van der Waals surface area (Å²) in [6.07, 6.45) is 3.92. The number of rotatable bonds is 4. The highest BCUT2D eigenvalue weighted by Crippen LogP contribution is 2.34. The van der Waals surface area contributed by atoms with Gasteiger partial charge in [-0.05, 0) is 38.8 Å². The fraction of sp³-hybridized carbons (Fsp3) is 0.467. The van der Waals surface area contributed by atoms with E-state index in [9.17, 15) is 13.9 Å². The van der Waals surface area contributed by atoms with Crippen LogP contribution in [0.2, 0.25) is 0 Å². The van der Waals surface area contributed by atoms with Crippen LogP contribution in [0.3, 0.4) is 0 Å². The second-order valence-electron chi connectivity index (χ2n) is 6.14. The molecule has 0 saturated carbocycles. The van der Waals surface area contributed by atoms with Gasteiger partial charge in [0.1, 0.15) is 21.6 Å². The van der Waals surface area contributed by atoms with Crippen LogP contribution in [0.25, 0.3) is 10.5 Å². The van der Waals surface area contributed by atoms with E-state index in [1.165, 1.54) is 18.4 Å². The van der Waals surface area contributed by atoms with Crippen molar-refractivity contribution in [2.75, 3.05) is 7.11 Å². The van der Waals surface area contributed by atoms with Gasteiger partial charge in [0, 0.05) is 0 Å². The van der Waals surface area contributed by atoms with Crippen molar-refractivity contribution in [1.29, 1.82) is 0 Å². The van der Waals surface area contributed by atoms with Crippen LogP contribution >= 0.6 is 11.3 Å². The molecule has 0 fully saturated rings. The van der Waals surface area contributed by atoms with Gasteiger partial charge in [-0.1, -0.05) is 17.4 Å². The summed E-state index contributed by atoms with van der Waals surface area (Å²) in [5.74, 6) is 0.480. The van der Waals surface area contributed by atoms with Gasteiger partial charge in [0.05, 0.1) is 18.5 Å². The van der Waals surface area contributed by atoms with Gasteiger partial charge >= 0.3 is 0 Å². The van der Waals surface area contributed by atoms with E-state index in [0.29, 0.717) is 22.1 Å². The smallest absolute Gasteiger partial charge is 0.213 e. The molecule has 0 aromatic carbocycles. The molecule has 7 nitrogen and oxygen atoms in total.